The molecule has 1 unspecified atom stereocenters. The molecule has 0 radical (unpaired) electrons. The van der Waals surface area contributed by atoms with Crippen LogP contribution in [-0.2, 0) is 11.2 Å². The lowest BCUT2D eigenvalue weighted by atomic mass is 9.79. The number of ether oxygens (including phenoxy) is 1. The standard InChI is InChI=1S/C15H17BN2O3/c19-16(20)12-5-4-10-7-11-9-18(14-3-1-2-6-21-14)17-15(11)13(10)8-12/h4-5,8-9,14,19-20H,1-3,6-7H2. The summed E-state index contributed by atoms with van der Waals surface area (Å²) in [6.07, 6.45) is 6.26. The van der Waals surface area contributed by atoms with Gasteiger partial charge in [0.25, 0.3) is 0 Å². The van der Waals surface area contributed by atoms with Crippen LogP contribution in [0.2, 0.25) is 0 Å². The van der Waals surface area contributed by atoms with E-state index in [9.17, 15) is 10.0 Å². The van der Waals surface area contributed by atoms with Crippen molar-refractivity contribution in [3.8, 4) is 11.3 Å². The zero-order valence-electron chi connectivity index (χ0n) is 11.7. The molecule has 1 fully saturated rings. The topological polar surface area (TPSA) is 67.5 Å². The van der Waals surface area contributed by atoms with Gasteiger partial charge in [-0.1, -0.05) is 18.2 Å². The average molecular weight is 284 g/mol. The molecule has 6 heteroatoms. The number of fused-ring (bicyclic) bond motifs is 3. The molecule has 108 valence electrons. The van der Waals surface area contributed by atoms with Gasteiger partial charge in [0, 0.05) is 30.4 Å². The normalized spacial score (nSPS) is 20.2. The summed E-state index contributed by atoms with van der Waals surface area (Å²) in [5.74, 6) is 0. The molecule has 1 aliphatic heterocycles. The fourth-order valence-corrected chi connectivity index (χ4v) is 3.20. The highest BCUT2D eigenvalue weighted by Crippen LogP contribution is 2.36. The van der Waals surface area contributed by atoms with Gasteiger partial charge >= 0.3 is 7.12 Å². The van der Waals surface area contributed by atoms with Crippen molar-refractivity contribution in [2.75, 3.05) is 6.61 Å². The quantitative estimate of drug-likeness (QED) is 0.684. The molecule has 1 aromatic heterocycles. The first-order chi connectivity index (χ1) is 10.2. The number of aromatic nitrogens is 2. The van der Waals surface area contributed by atoms with Gasteiger partial charge in [-0.3, -0.25) is 0 Å². The van der Waals surface area contributed by atoms with Crippen molar-refractivity contribution < 1.29 is 14.8 Å². The van der Waals surface area contributed by atoms with Gasteiger partial charge in [-0.15, -0.1) is 0 Å². The zero-order valence-corrected chi connectivity index (χ0v) is 11.7. The largest absolute Gasteiger partial charge is 0.488 e. The molecule has 0 saturated carbocycles. The van der Waals surface area contributed by atoms with E-state index in [2.05, 4.69) is 11.3 Å². The van der Waals surface area contributed by atoms with Crippen molar-refractivity contribution in [3.63, 3.8) is 0 Å². The van der Waals surface area contributed by atoms with Crippen LogP contribution in [0.15, 0.2) is 24.4 Å². The van der Waals surface area contributed by atoms with Crippen LogP contribution >= 0.6 is 0 Å². The van der Waals surface area contributed by atoms with Gasteiger partial charge in [0.2, 0.25) is 0 Å². The van der Waals surface area contributed by atoms with Crippen molar-refractivity contribution in [3.05, 3.63) is 35.5 Å². The zero-order chi connectivity index (χ0) is 14.4. The lowest BCUT2D eigenvalue weighted by molar-refractivity contribution is -0.0394. The Bertz CT molecular complexity index is 678. The third kappa shape index (κ3) is 2.20. The van der Waals surface area contributed by atoms with Crippen molar-refractivity contribution in [2.45, 2.75) is 31.9 Å². The molecule has 2 heterocycles. The highest BCUT2D eigenvalue weighted by molar-refractivity contribution is 6.58. The maximum absolute atomic E-state index is 9.32. The Labute approximate surface area is 123 Å². The van der Waals surface area contributed by atoms with E-state index in [1.165, 1.54) is 17.5 Å². The predicted octanol–water partition coefficient (Wildman–Crippen LogP) is 0.833. The molecule has 5 nitrogen and oxygen atoms in total. The van der Waals surface area contributed by atoms with E-state index in [-0.39, 0.29) is 6.23 Å². The molecule has 4 rings (SSSR count). The van der Waals surface area contributed by atoms with E-state index in [1.54, 1.807) is 6.07 Å². The first-order valence-electron chi connectivity index (χ1n) is 7.41. The minimum absolute atomic E-state index is 0.0411. The van der Waals surface area contributed by atoms with E-state index in [0.717, 1.165) is 37.1 Å². The Morgan fingerprint density at radius 3 is 2.90 bits per heavy atom. The van der Waals surface area contributed by atoms with Crippen LogP contribution in [0, 0.1) is 0 Å². The summed E-state index contributed by atoms with van der Waals surface area (Å²) in [6, 6.07) is 5.53. The fraction of sp³-hybridized carbons (Fsp3) is 0.400. The second-order valence-corrected chi connectivity index (χ2v) is 5.77. The maximum Gasteiger partial charge on any atom is 0.488 e. The third-order valence-corrected chi connectivity index (χ3v) is 4.33. The number of hydrogen-bond acceptors (Lipinski definition) is 4. The Hall–Kier alpha value is -1.63. The molecule has 1 aliphatic carbocycles. The summed E-state index contributed by atoms with van der Waals surface area (Å²) in [4.78, 5) is 0. The minimum atomic E-state index is -1.44. The molecule has 0 spiro atoms. The number of rotatable bonds is 2. The maximum atomic E-state index is 9.32. The Morgan fingerprint density at radius 1 is 1.24 bits per heavy atom. The van der Waals surface area contributed by atoms with E-state index in [0.29, 0.717) is 5.46 Å². The molecule has 0 amide bonds. The minimum Gasteiger partial charge on any atom is -0.423 e. The molecule has 2 aromatic rings. The van der Waals surface area contributed by atoms with Crippen LogP contribution < -0.4 is 5.46 Å². The summed E-state index contributed by atoms with van der Waals surface area (Å²) in [6.45, 7) is 0.798. The molecular formula is C15H17BN2O3. The molecule has 1 atom stereocenters. The predicted molar refractivity (Wildman–Crippen MR) is 79.1 cm³/mol. The molecule has 0 bridgehead atoms. The van der Waals surface area contributed by atoms with Gasteiger partial charge in [-0.25, -0.2) is 4.68 Å². The second-order valence-electron chi connectivity index (χ2n) is 5.77. The van der Waals surface area contributed by atoms with Gasteiger partial charge in [-0.2, -0.15) is 5.10 Å². The van der Waals surface area contributed by atoms with Gasteiger partial charge in [0.15, 0.2) is 0 Å². The molecule has 21 heavy (non-hydrogen) atoms. The van der Waals surface area contributed by atoms with Crippen LogP contribution in [0.4, 0.5) is 0 Å². The Kier molecular flexibility index (Phi) is 3.10. The van der Waals surface area contributed by atoms with E-state index in [4.69, 9.17) is 4.74 Å². The number of nitrogens with zero attached hydrogens (tertiary/aromatic N) is 2. The number of hydrogen-bond donors (Lipinski definition) is 2. The van der Waals surface area contributed by atoms with Crippen molar-refractivity contribution in [2.24, 2.45) is 0 Å². The highest BCUT2D eigenvalue weighted by atomic mass is 16.5. The smallest absolute Gasteiger partial charge is 0.423 e. The van der Waals surface area contributed by atoms with E-state index >= 15 is 0 Å². The molecule has 2 aliphatic rings. The molecule has 1 saturated heterocycles. The molecular weight excluding hydrogens is 267 g/mol. The van der Waals surface area contributed by atoms with Crippen LogP contribution in [0.25, 0.3) is 11.3 Å². The third-order valence-electron chi connectivity index (χ3n) is 4.33. The SMILES string of the molecule is OB(O)c1ccc2c(c1)-c1nn(C3CCCCO3)cc1C2. The fourth-order valence-electron chi connectivity index (χ4n) is 3.20. The Balaban J connectivity index is 1.70. The second kappa shape index (κ2) is 4.98. The monoisotopic (exact) mass is 284 g/mol. The summed E-state index contributed by atoms with van der Waals surface area (Å²) < 4.78 is 7.70. The van der Waals surface area contributed by atoms with E-state index < -0.39 is 7.12 Å². The van der Waals surface area contributed by atoms with Crippen LogP contribution in [0.3, 0.4) is 0 Å². The first-order valence-corrected chi connectivity index (χ1v) is 7.41. The van der Waals surface area contributed by atoms with Crippen LogP contribution in [-0.4, -0.2) is 33.6 Å². The van der Waals surface area contributed by atoms with Gasteiger partial charge in [0.1, 0.15) is 6.23 Å². The Morgan fingerprint density at radius 2 is 2.14 bits per heavy atom. The van der Waals surface area contributed by atoms with Crippen LogP contribution in [0.1, 0.15) is 36.6 Å². The van der Waals surface area contributed by atoms with Crippen molar-refractivity contribution in [1.29, 1.82) is 0 Å². The van der Waals surface area contributed by atoms with Crippen molar-refractivity contribution >= 4 is 12.6 Å². The van der Waals surface area contributed by atoms with Crippen LogP contribution in [0.5, 0.6) is 0 Å². The average Bonchev–Trinajstić information content (AvgIpc) is 3.05. The van der Waals surface area contributed by atoms with Crippen molar-refractivity contribution in [1.82, 2.24) is 9.78 Å². The first kappa shape index (κ1) is 13.1. The molecule has 2 N–H and O–H groups in total. The lowest BCUT2D eigenvalue weighted by Gasteiger charge is -2.22. The lowest BCUT2D eigenvalue weighted by Crippen LogP contribution is -2.29. The van der Waals surface area contributed by atoms with E-state index in [1.807, 2.05) is 16.8 Å². The van der Waals surface area contributed by atoms with Gasteiger partial charge in [0.05, 0.1) is 5.69 Å². The van der Waals surface area contributed by atoms with Gasteiger partial charge in [-0.05, 0) is 30.3 Å². The highest BCUT2D eigenvalue weighted by Gasteiger charge is 2.26. The van der Waals surface area contributed by atoms with Gasteiger partial charge < -0.3 is 14.8 Å². The summed E-state index contributed by atoms with van der Waals surface area (Å²) in [5, 5.41) is 23.3. The summed E-state index contributed by atoms with van der Waals surface area (Å²) in [7, 11) is -1.44. The number of benzene rings is 1. The molecule has 1 aromatic carbocycles. The summed E-state index contributed by atoms with van der Waals surface area (Å²) in [5.41, 5.74) is 4.83. The summed E-state index contributed by atoms with van der Waals surface area (Å²) >= 11 is 0.